The lowest BCUT2D eigenvalue weighted by atomic mass is 10.1. The zero-order chi connectivity index (χ0) is 20.5. The van der Waals surface area contributed by atoms with E-state index >= 15 is 0 Å². The van der Waals surface area contributed by atoms with Crippen molar-refractivity contribution in [3.8, 4) is 0 Å². The van der Waals surface area contributed by atoms with Crippen molar-refractivity contribution in [2.75, 3.05) is 0 Å². The number of halogens is 1. The minimum atomic E-state index is -3.83. The molecule has 146 valence electrons. The highest BCUT2D eigenvalue weighted by Crippen LogP contribution is 2.28. The molecule has 0 aliphatic heterocycles. The van der Waals surface area contributed by atoms with E-state index in [2.05, 4.69) is 0 Å². The van der Waals surface area contributed by atoms with Gasteiger partial charge in [0.2, 0.25) is 15.8 Å². The van der Waals surface area contributed by atoms with Crippen LogP contribution in [0.2, 0.25) is 5.02 Å². The standard InChI is InChI=1S/C21H21ClN2O3S/c1-14-12-18(13-19(28(23,26)27)15-6-4-3-5-7-15)24(2)20(14)21(25)16-8-10-17(22)11-9-16/h3-12,19H,13H2,1-2H3,(H2,23,26,27). The molecule has 0 fully saturated rings. The second-order valence-corrected chi connectivity index (χ2v) is 8.94. The first-order valence-electron chi connectivity index (χ1n) is 8.70. The molecule has 28 heavy (non-hydrogen) atoms. The van der Waals surface area contributed by atoms with Crippen molar-refractivity contribution in [3.05, 3.63) is 93.8 Å². The van der Waals surface area contributed by atoms with Crippen molar-refractivity contribution < 1.29 is 13.2 Å². The van der Waals surface area contributed by atoms with Crippen LogP contribution in [0.3, 0.4) is 0 Å². The van der Waals surface area contributed by atoms with Gasteiger partial charge in [-0.1, -0.05) is 41.9 Å². The highest BCUT2D eigenvalue weighted by Gasteiger charge is 2.27. The highest BCUT2D eigenvalue weighted by molar-refractivity contribution is 7.89. The molecule has 2 aromatic carbocycles. The van der Waals surface area contributed by atoms with E-state index in [4.69, 9.17) is 16.7 Å². The Hall–Kier alpha value is -2.41. The monoisotopic (exact) mass is 416 g/mol. The topological polar surface area (TPSA) is 82.2 Å². The number of carbonyl (C=O) groups excluding carboxylic acids is 1. The van der Waals surface area contributed by atoms with E-state index in [1.54, 1.807) is 60.1 Å². The predicted octanol–water partition coefficient (Wildman–Crippen LogP) is 3.79. The number of sulfonamides is 1. The van der Waals surface area contributed by atoms with Gasteiger partial charge in [0.05, 0.1) is 5.69 Å². The molecule has 0 amide bonds. The van der Waals surface area contributed by atoms with Gasteiger partial charge < -0.3 is 4.57 Å². The van der Waals surface area contributed by atoms with E-state index in [-0.39, 0.29) is 12.2 Å². The van der Waals surface area contributed by atoms with Gasteiger partial charge in [-0.15, -0.1) is 0 Å². The largest absolute Gasteiger partial charge is 0.345 e. The first-order valence-corrected chi connectivity index (χ1v) is 10.7. The van der Waals surface area contributed by atoms with Crippen molar-refractivity contribution in [2.24, 2.45) is 12.2 Å². The van der Waals surface area contributed by atoms with Gasteiger partial charge in [-0.05, 0) is 48.4 Å². The molecule has 3 rings (SSSR count). The number of aromatic nitrogens is 1. The lowest BCUT2D eigenvalue weighted by Gasteiger charge is -2.16. The van der Waals surface area contributed by atoms with E-state index in [0.717, 1.165) is 11.3 Å². The van der Waals surface area contributed by atoms with Crippen LogP contribution in [-0.2, 0) is 23.5 Å². The van der Waals surface area contributed by atoms with Crippen molar-refractivity contribution in [2.45, 2.75) is 18.6 Å². The van der Waals surface area contributed by atoms with Crippen LogP contribution in [0.25, 0.3) is 0 Å². The van der Waals surface area contributed by atoms with E-state index in [0.29, 0.717) is 21.8 Å². The summed E-state index contributed by atoms with van der Waals surface area (Å²) in [6, 6.07) is 17.4. The van der Waals surface area contributed by atoms with Crippen LogP contribution in [0.4, 0.5) is 0 Å². The molecular formula is C21H21ClN2O3S. The molecule has 0 saturated heterocycles. The van der Waals surface area contributed by atoms with Crippen LogP contribution in [0.15, 0.2) is 60.7 Å². The minimum absolute atomic E-state index is 0.144. The summed E-state index contributed by atoms with van der Waals surface area (Å²) in [5.41, 5.74) is 3.15. The van der Waals surface area contributed by atoms with Gasteiger partial charge in [-0.2, -0.15) is 0 Å². The fourth-order valence-corrected chi connectivity index (χ4v) is 4.44. The molecule has 1 atom stereocenters. The number of nitrogens with zero attached hydrogens (tertiary/aromatic N) is 1. The molecule has 0 aliphatic rings. The molecular weight excluding hydrogens is 396 g/mol. The Morgan fingerprint density at radius 1 is 1.11 bits per heavy atom. The number of aryl methyl sites for hydroxylation is 1. The molecule has 2 N–H and O–H groups in total. The Morgan fingerprint density at radius 2 is 1.71 bits per heavy atom. The summed E-state index contributed by atoms with van der Waals surface area (Å²) in [6.07, 6.45) is 0.175. The lowest BCUT2D eigenvalue weighted by Crippen LogP contribution is -2.24. The van der Waals surface area contributed by atoms with E-state index in [1.165, 1.54) is 0 Å². The number of hydrogen-bond donors (Lipinski definition) is 1. The van der Waals surface area contributed by atoms with Crippen molar-refractivity contribution in [3.63, 3.8) is 0 Å². The lowest BCUT2D eigenvalue weighted by molar-refractivity contribution is 0.103. The molecule has 0 aliphatic carbocycles. The minimum Gasteiger partial charge on any atom is -0.345 e. The van der Waals surface area contributed by atoms with Gasteiger partial charge in [0, 0.05) is 29.7 Å². The van der Waals surface area contributed by atoms with Crippen molar-refractivity contribution >= 4 is 27.4 Å². The number of nitrogens with two attached hydrogens (primary N) is 1. The summed E-state index contributed by atoms with van der Waals surface area (Å²) in [5, 5.41) is 5.17. The third-order valence-electron chi connectivity index (χ3n) is 4.81. The maximum absolute atomic E-state index is 13.0. The number of primary sulfonamides is 1. The maximum atomic E-state index is 13.0. The third-order valence-corrected chi connectivity index (χ3v) is 6.29. The van der Waals surface area contributed by atoms with Crippen LogP contribution < -0.4 is 5.14 Å². The summed E-state index contributed by atoms with van der Waals surface area (Å²) in [4.78, 5) is 13.0. The molecule has 1 unspecified atom stereocenters. The fraction of sp³-hybridized carbons (Fsp3) is 0.190. The van der Waals surface area contributed by atoms with Gasteiger partial charge >= 0.3 is 0 Å². The molecule has 5 nitrogen and oxygen atoms in total. The molecule has 1 aromatic heterocycles. The number of benzene rings is 2. The highest BCUT2D eigenvalue weighted by atomic mass is 35.5. The van der Waals surface area contributed by atoms with Crippen LogP contribution in [-0.4, -0.2) is 18.8 Å². The summed E-state index contributed by atoms with van der Waals surface area (Å²) < 4.78 is 26.2. The number of ketones is 1. The molecule has 0 saturated carbocycles. The number of carbonyl (C=O) groups is 1. The van der Waals surface area contributed by atoms with Crippen LogP contribution in [0.5, 0.6) is 0 Å². The van der Waals surface area contributed by atoms with Gasteiger partial charge in [0.25, 0.3) is 0 Å². The van der Waals surface area contributed by atoms with Crippen molar-refractivity contribution in [1.29, 1.82) is 0 Å². The Balaban J connectivity index is 1.99. The normalized spacial score (nSPS) is 12.7. The first-order chi connectivity index (χ1) is 13.2. The summed E-state index contributed by atoms with van der Waals surface area (Å²) in [6.45, 7) is 1.83. The van der Waals surface area contributed by atoms with E-state index in [9.17, 15) is 13.2 Å². The molecule has 0 bridgehead atoms. The predicted molar refractivity (Wildman–Crippen MR) is 111 cm³/mol. The quantitative estimate of drug-likeness (QED) is 0.620. The zero-order valence-electron chi connectivity index (χ0n) is 15.6. The average molecular weight is 417 g/mol. The second kappa shape index (κ2) is 7.91. The molecule has 1 heterocycles. The summed E-state index contributed by atoms with van der Waals surface area (Å²) in [7, 11) is -2.07. The molecule has 0 radical (unpaired) electrons. The maximum Gasteiger partial charge on any atom is 0.216 e. The summed E-state index contributed by atoms with van der Waals surface area (Å²) in [5.74, 6) is -0.144. The zero-order valence-corrected chi connectivity index (χ0v) is 17.2. The Kier molecular flexibility index (Phi) is 5.74. The van der Waals surface area contributed by atoms with Gasteiger partial charge in [0.15, 0.2) is 0 Å². The molecule has 7 heteroatoms. The van der Waals surface area contributed by atoms with Gasteiger partial charge in [-0.3, -0.25) is 4.79 Å². The van der Waals surface area contributed by atoms with E-state index < -0.39 is 15.3 Å². The number of hydrogen-bond acceptors (Lipinski definition) is 3. The first kappa shape index (κ1) is 20.3. The van der Waals surface area contributed by atoms with Gasteiger partial charge in [-0.25, -0.2) is 13.6 Å². The fourth-order valence-electron chi connectivity index (χ4n) is 3.37. The second-order valence-electron chi connectivity index (χ2n) is 6.75. The smallest absolute Gasteiger partial charge is 0.216 e. The average Bonchev–Trinajstić information content (AvgIpc) is 2.93. The van der Waals surface area contributed by atoms with Crippen LogP contribution in [0, 0.1) is 6.92 Å². The Bertz CT molecular complexity index is 1100. The van der Waals surface area contributed by atoms with Crippen LogP contribution >= 0.6 is 11.6 Å². The third kappa shape index (κ3) is 4.19. The Morgan fingerprint density at radius 3 is 2.29 bits per heavy atom. The number of rotatable bonds is 6. The van der Waals surface area contributed by atoms with Gasteiger partial charge in [0.1, 0.15) is 5.25 Å². The van der Waals surface area contributed by atoms with Crippen molar-refractivity contribution in [1.82, 2.24) is 4.57 Å². The van der Waals surface area contributed by atoms with E-state index in [1.807, 2.05) is 19.1 Å². The SMILES string of the molecule is Cc1cc(CC(c2ccccc2)S(N)(=O)=O)n(C)c1C(=O)c1ccc(Cl)cc1. The summed E-state index contributed by atoms with van der Waals surface area (Å²) >= 11 is 5.90. The Labute approximate surface area is 169 Å². The van der Waals surface area contributed by atoms with Crippen LogP contribution in [0.1, 0.15) is 38.1 Å². The molecule has 3 aromatic rings. The molecule has 0 spiro atoms.